The Hall–Kier alpha value is -0.240. The first-order valence-corrected chi connectivity index (χ1v) is 9.39. The second-order valence-corrected chi connectivity index (χ2v) is 6.62. The Bertz CT molecular complexity index is 331. The zero-order valence-corrected chi connectivity index (χ0v) is 14.8. The van der Waals surface area contributed by atoms with Gasteiger partial charge in [0.05, 0.1) is 7.98 Å². The minimum Gasteiger partial charge on any atom is -0.394 e. The molecule has 6 heteroatoms. The molecule has 0 aromatic heterocycles. The Morgan fingerprint density at radius 1 is 0.833 bits per heavy atom. The van der Waals surface area contributed by atoms with Crippen molar-refractivity contribution >= 4 is 0 Å². The first kappa shape index (κ1) is 20.1. The average Bonchev–Trinajstić information content (AvgIpc) is 2.60. The van der Waals surface area contributed by atoms with Gasteiger partial charge in [-0.3, -0.25) is 0 Å². The molecule has 4 N–H and O–H groups in total. The van der Waals surface area contributed by atoms with Crippen molar-refractivity contribution in [3.05, 3.63) is 0 Å². The number of hydrogen-bond acceptors (Lipinski definition) is 6. The van der Waals surface area contributed by atoms with Crippen LogP contribution in [0.15, 0.2) is 0 Å². The van der Waals surface area contributed by atoms with E-state index in [9.17, 15) is 15.3 Å². The zero-order chi connectivity index (χ0) is 18.7. The van der Waals surface area contributed by atoms with Crippen molar-refractivity contribution in [2.24, 2.45) is 0 Å². The van der Waals surface area contributed by atoms with Crippen LogP contribution >= 0.6 is 0 Å². The monoisotopic (exact) mass is 349 g/mol. The Morgan fingerprint density at radius 2 is 1.38 bits per heavy atom. The number of unbranched alkanes of at least 4 members (excludes halogenated alkanes) is 8. The van der Waals surface area contributed by atoms with Gasteiger partial charge in [0, 0.05) is 6.58 Å². The SMILES string of the molecule is [2H]C(CCCCCCCCCCC)OC1O[C@H](CO)[C@@H](O)[C@H](O)[C@H]1O. The first-order chi connectivity index (χ1) is 12.0. The quantitative estimate of drug-likeness (QED) is 0.378. The van der Waals surface area contributed by atoms with E-state index in [4.69, 9.17) is 16.0 Å². The third-order valence-corrected chi connectivity index (χ3v) is 4.50. The summed E-state index contributed by atoms with van der Waals surface area (Å²) >= 11 is 0. The van der Waals surface area contributed by atoms with E-state index in [0.29, 0.717) is 6.42 Å². The van der Waals surface area contributed by atoms with Gasteiger partial charge in [-0.05, 0) is 6.42 Å². The van der Waals surface area contributed by atoms with E-state index in [1.54, 1.807) is 0 Å². The molecule has 0 radical (unpaired) electrons. The second-order valence-electron chi connectivity index (χ2n) is 6.62. The van der Waals surface area contributed by atoms with Crippen molar-refractivity contribution in [3.8, 4) is 0 Å². The topological polar surface area (TPSA) is 99.4 Å². The van der Waals surface area contributed by atoms with E-state index < -0.39 is 43.9 Å². The molecule has 1 rings (SSSR count). The molecule has 1 heterocycles. The van der Waals surface area contributed by atoms with E-state index in [1.807, 2.05) is 0 Å². The molecule has 0 spiro atoms. The molecular formula is C18H36O6. The van der Waals surface area contributed by atoms with E-state index in [2.05, 4.69) is 6.92 Å². The Labute approximate surface area is 147 Å². The summed E-state index contributed by atoms with van der Waals surface area (Å²) in [5.41, 5.74) is 0. The molecule has 24 heavy (non-hydrogen) atoms. The van der Waals surface area contributed by atoms with Gasteiger partial charge in [0.25, 0.3) is 0 Å². The number of hydrogen-bond donors (Lipinski definition) is 4. The van der Waals surface area contributed by atoms with Crippen molar-refractivity contribution in [1.29, 1.82) is 0 Å². The van der Waals surface area contributed by atoms with Crippen LogP contribution in [0.4, 0.5) is 0 Å². The van der Waals surface area contributed by atoms with Crippen LogP contribution in [0.25, 0.3) is 0 Å². The largest absolute Gasteiger partial charge is 0.394 e. The molecule has 1 aliphatic rings. The highest BCUT2D eigenvalue weighted by atomic mass is 16.7. The van der Waals surface area contributed by atoms with E-state index in [1.165, 1.54) is 38.5 Å². The third kappa shape index (κ3) is 7.76. The van der Waals surface area contributed by atoms with Crippen molar-refractivity contribution in [3.63, 3.8) is 0 Å². The highest BCUT2D eigenvalue weighted by Gasteiger charge is 2.43. The van der Waals surface area contributed by atoms with Crippen LogP contribution in [0.2, 0.25) is 0 Å². The van der Waals surface area contributed by atoms with Crippen molar-refractivity contribution in [1.82, 2.24) is 0 Å². The smallest absolute Gasteiger partial charge is 0.186 e. The van der Waals surface area contributed by atoms with Gasteiger partial charge in [0.1, 0.15) is 24.4 Å². The lowest BCUT2D eigenvalue weighted by molar-refractivity contribution is -0.301. The molecule has 144 valence electrons. The average molecular weight is 349 g/mol. The number of rotatable bonds is 13. The van der Waals surface area contributed by atoms with Gasteiger partial charge in [-0.15, -0.1) is 0 Å². The summed E-state index contributed by atoms with van der Waals surface area (Å²) in [7, 11) is 0. The van der Waals surface area contributed by atoms with Crippen LogP contribution in [0.1, 0.15) is 72.5 Å². The summed E-state index contributed by atoms with van der Waals surface area (Å²) in [4.78, 5) is 0. The first-order valence-electron chi connectivity index (χ1n) is 9.97. The Balaban J connectivity index is 2.14. The highest BCUT2D eigenvalue weighted by molar-refractivity contribution is 4.88. The lowest BCUT2D eigenvalue weighted by Gasteiger charge is -2.39. The highest BCUT2D eigenvalue weighted by Crippen LogP contribution is 2.22. The fourth-order valence-electron chi connectivity index (χ4n) is 2.88. The van der Waals surface area contributed by atoms with Crippen LogP contribution in [-0.2, 0) is 9.47 Å². The molecule has 0 aliphatic carbocycles. The molecule has 0 bridgehead atoms. The van der Waals surface area contributed by atoms with Crippen LogP contribution in [-0.4, -0.2) is 64.3 Å². The Morgan fingerprint density at radius 3 is 1.92 bits per heavy atom. The standard InChI is InChI=1S/C18H36O6/c1-2-3-4-5-6-7-8-9-10-11-12-23-18-17(22)16(21)15(20)14(13-19)24-18/h14-22H,2-13H2,1H3/t14-,15-,16+,17-,18?/m1/s1/i12D/t12?,14-,15-,16+,17-,18?. The molecule has 1 fully saturated rings. The third-order valence-electron chi connectivity index (χ3n) is 4.50. The second kappa shape index (κ2) is 13.0. The minimum absolute atomic E-state index is 0.494. The summed E-state index contributed by atoms with van der Waals surface area (Å²) < 4.78 is 18.5. The summed E-state index contributed by atoms with van der Waals surface area (Å²) in [6.45, 7) is 0.848. The molecule has 0 aromatic rings. The van der Waals surface area contributed by atoms with Crippen molar-refractivity contribution in [2.45, 2.75) is 102 Å². The molecule has 1 saturated heterocycles. The number of ether oxygens (including phenoxy) is 2. The van der Waals surface area contributed by atoms with E-state index >= 15 is 0 Å². The summed E-state index contributed by atoms with van der Waals surface area (Å²) in [6.07, 6.45) is 4.76. The summed E-state index contributed by atoms with van der Waals surface area (Å²) in [5.74, 6) is 0. The normalized spacial score (nSPS) is 32.5. The van der Waals surface area contributed by atoms with E-state index in [0.717, 1.165) is 19.3 Å². The van der Waals surface area contributed by atoms with Gasteiger partial charge >= 0.3 is 0 Å². The fourth-order valence-corrected chi connectivity index (χ4v) is 2.88. The summed E-state index contributed by atoms with van der Waals surface area (Å²) in [6, 6.07) is 0. The molecule has 0 saturated carbocycles. The predicted octanol–water partition coefficient (Wildman–Crippen LogP) is 1.72. The minimum atomic E-state index is -1.46. The molecule has 6 nitrogen and oxygen atoms in total. The van der Waals surface area contributed by atoms with Crippen molar-refractivity contribution < 1.29 is 31.3 Å². The van der Waals surface area contributed by atoms with Gasteiger partial charge < -0.3 is 29.9 Å². The molecule has 6 atom stereocenters. The van der Waals surface area contributed by atoms with Crippen LogP contribution in [0, 0.1) is 0 Å². The summed E-state index contributed by atoms with van der Waals surface area (Å²) in [5, 5.41) is 38.4. The molecule has 0 amide bonds. The van der Waals surface area contributed by atoms with Crippen LogP contribution in [0.5, 0.6) is 0 Å². The zero-order valence-electron chi connectivity index (χ0n) is 15.8. The van der Waals surface area contributed by atoms with Gasteiger partial charge in [0.15, 0.2) is 6.29 Å². The lowest BCUT2D eigenvalue weighted by Crippen LogP contribution is -2.59. The van der Waals surface area contributed by atoms with Gasteiger partial charge in [0.2, 0.25) is 0 Å². The molecular weight excluding hydrogens is 312 g/mol. The molecule has 2 unspecified atom stereocenters. The number of aliphatic hydroxyl groups is 4. The maximum atomic E-state index is 9.88. The van der Waals surface area contributed by atoms with E-state index in [-0.39, 0.29) is 0 Å². The fraction of sp³-hybridized carbons (Fsp3) is 1.00. The van der Waals surface area contributed by atoms with Gasteiger partial charge in [-0.1, -0.05) is 64.7 Å². The Kier molecular flexibility index (Phi) is 10.9. The van der Waals surface area contributed by atoms with Gasteiger partial charge in [-0.2, -0.15) is 0 Å². The van der Waals surface area contributed by atoms with Gasteiger partial charge in [-0.25, -0.2) is 0 Å². The van der Waals surface area contributed by atoms with Crippen molar-refractivity contribution in [2.75, 3.05) is 13.2 Å². The maximum absolute atomic E-state index is 9.88. The molecule has 0 aromatic carbocycles. The number of aliphatic hydroxyl groups excluding tert-OH is 4. The van der Waals surface area contributed by atoms with Crippen LogP contribution in [0.3, 0.4) is 0 Å². The molecule has 1 aliphatic heterocycles. The predicted molar refractivity (Wildman–Crippen MR) is 91.6 cm³/mol. The van der Waals surface area contributed by atoms with Crippen LogP contribution < -0.4 is 0 Å². The maximum Gasteiger partial charge on any atom is 0.186 e. The lowest BCUT2D eigenvalue weighted by atomic mass is 9.99.